The minimum absolute atomic E-state index is 0.176. The molecule has 84 valence electrons. The Hall–Kier alpha value is -0.820. The van der Waals surface area contributed by atoms with Crippen LogP contribution in [0.15, 0.2) is 18.2 Å². The number of rotatable bonds is 4. The molecule has 1 rings (SSSR count). The van der Waals surface area contributed by atoms with Gasteiger partial charge in [0.2, 0.25) is 0 Å². The molecule has 0 saturated heterocycles. The van der Waals surface area contributed by atoms with Gasteiger partial charge in [-0.25, -0.2) is 0 Å². The van der Waals surface area contributed by atoms with E-state index in [-0.39, 0.29) is 6.10 Å². The average Bonchev–Trinajstić information content (AvgIpc) is 2.22. The van der Waals surface area contributed by atoms with Gasteiger partial charge in [-0.15, -0.1) is 0 Å². The Labute approximate surface area is 93.1 Å². The van der Waals surface area contributed by atoms with E-state index in [9.17, 15) is 5.11 Å². The molecule has 2 atom stereocenters. The van der Waals surface area contributed by atoms with Crippen molar-refractivity contribution < 1.29 is 5.11 Å². The van der Waals surface area contributed by atoms with Gasteiger partial charge in [0.15, 0.2) is 0 Å². The lowest BCUT2D eigenvalue weighted by Crippen LogP contribution is -2.18. The van der Waals surface area contributed by atoms with Crippen molar-refractivity contribution in [3.63, 3.8) is 0 Å². The fourth-order valence-electron chi connectivity index (χ4n) is 1.91. The number of aliphatic hydroxyl groups excluding tert-OH is 1. The monoisotopic (exact) mass is 206 g/mol. The van der Waals surface area contributed by atoms with Crippen molar-refractivity contribution in [3.8, 4) is 0 Å². The van der Waals surface area contributed by atoms with Crippen molar-refractivity contribution in [1.82, 2.24) is 0 Å². The van der Waals surface area contributed by atoms with Crippen LogP contribution < -0.4 is 0 Å². The summed E-state index contributed by atoms with van der Waals surface area (Å²) >= 11 is 0. The number of benzene rings is 1. The lowest BCUT2D eigenvalue weighted by Gasteiger charge is -2.18. The van der Waals surface area contributed by atoms with Crippen LogP contribution in [-0.4, -0.2) is 11.2 Å². The van der Waals surface area contributed by atoms with E-state index in [1.165, 1.54) is 16.7 Å². The third-order valence-corrected chi connectivity index (χ3v) is 3.12. The van der Waals surface area contributed by atoms with E-state index < -0.39 is 0 Å². The molecule has 0 saturated carbocycles. The molecule has 0 fully saturated rings. The van der Waals surface area contributed by atoms with Crippen LogP contribution in [-0.2, 0) is 6.42 Å². The Morgan fingerprint density at radius 3 is 2.53 bits per heavy atom. The highest BCUT2D eigenvalue weighted by Gasteiger charge is 2.13. The second-order valence-electron chi connectivity index (χ2n) is 4.59. The van der Waals surface area contributed by atoms with Crippen LogP contribution in [0.3, 0.4) is 0 Å². The minimum atomic E-state index is -0.176. The van der Waals surface area contributed by atoms with Crippen molar-refractivity contribution in [3.05, 3.63) is 34.9 Å². The first-order valence-electron chi connectivity index (χ1n) is 5.78. The van der Waals surface area contributed by atoms with Gasteiger partial charge in [0.25, 0.3) is 0 Å². The molecule has 1 aromatic carbocycles. The summed E-state index contributed by atoms with van der Waals surface area (Å²) in [6, 6.07) is 6.53. The van der Waals surface area contributed by atoms with E-state index in [1.807, 2.05) is 6.92 Å². The second-order valence-corrected chi connectivity index (χ2v) is 4.59. The van der Waals surface area contributed by atoms with Crippen LogP contribution >= 0.6 is 0 Å². The molecule has 1 N–H and O–H groups in total. The molecule has 2 unspecified atom stereocenters. The quantitative estimate of drug-likeness (QED) is 0.801. The molecule has 0 spiro atoms. The molecule has 0 aliphatic rings. The third-order valence-electron chi connectivity index (χ3n) is 3.12. The van der Waals surface area contributed by atoms with E-state index in [4.69, 9.17) is 0 Å². The summed E-state index contributed by atoms with van der Waals surface area (Å²) in [5.41, 5.74) is 4.00. The van der Waals surface area contributed by atoms with E-state index >= 15 is 0 Å². The molecule has 0 heterocycles. The molecular weight excluding hydrogens is 184 g/mol. The van der Waals surface area contributed by atoms with Crippen molar-refractivity contribution in [1.29, 1.82) is 0 Å². The fourth-order valence-corrected chi connectivity index (χ4v) is 1.91. The molecule has 0 aliphatic heterocycles. The van der Waals surface area contributed by atoms with Gasteiger partial charge >= 0.3 is 0 Å². The second kappa shape index (κ2) is 5.32. The predicted molar refractivity (Wildman–Crippen MR) is 65.1 cm³/mol. The lowest BCUT2D eigenvalue weighted by molar-refractivity contribution is 0.112. The van der Waals surface area contributed by atoms with Gasteiger partial charge in [-0.05, 0) is 43.7 Å². The molecule has 1 aromatic rings. The molecule has 0 radical (unpaired) electrons. The van der Waals surface area contributed by atoms with Gasteiger partial charge in [0.05, 0.1) is 6.10 Å². The summed E-state index contributed by atoms with van der Waals surface area (Å²) in [7, 11) is 0. The SMILES string of the molecule is CCC(O)C(C)Cc1cc(C)ccc1C. The molecule has 0 bridgehead atoms. The van der Waals surface area contributed by atoms with E-state index in [0.717, 1.165) is 12.8 Å². The molecule has 15 heavy (non-hydrogen) atoms. The normalized spacial score (nSPS) is 15.0. The fraction of sp³-hybridized carbons (Fsp3) is 0.571. The zero-order chi connectivity index (χ0) is 11.4. The molecule has 0 aliphatic carbocycles. The van der Waals surface area contributed by atoms with Crippen molar-refractivity contribution >= 4 is 0 Å². The molecular formula is C14H22O. The molecule has 1 heteroatoms. The first kappa shape index (κ1) is 12.3. The zero-order valence-corrected chi connectivity index (χ0v) is 10.2. The summed E-state index contributed by atoms with van der Waals surface area (Å²) in [6.45, 7) is 8.41. The van der Waals surface area contributed by atoms with Crippen LogP contribution in [0.1, 0.15) is 37.0 Å². The summed E-state index contributed by atoms with van der Waals surface area (Å²) < 4.78 is 0. The predicted octanol–water partition coefficient (Wildman–Crippen LogP) is 3.25. The van der Waals surface area contributed by atoms with Crippen LogP contribution in [0.5, 0.6) is 0 Å². The maximum Gasteiger partial charge on any atom is 0.0566 e. The smallest absolute Gasteiger partial charge is 0.0566 e. The van der Waals surface area contributed by atoms with Gasteiger partial charge in [0, 0.05) is 0 Å². The Bertz CT molecular complexity index is 317. The summed E-state index contributed by atoms with van der Waals surface area (Å²) in [5.74, 6) is 0.343. The molecule has 0 aromatic heterocycles. The topological polar surface area (TPSA) is 20.2 Å². The Morgan fingerprint density at radius 1 is 1.27 bits per heavy atom. The van der Waals surface area contributed by atoms with Gasteiger partial charge in [-0.1, -0.05) is 37.6 Å². The zero-order valence-electron chi connectivity index (χ0n) is 10.2. The summed E-state index contributed by atoms with van der Waals surface area (Å²) in [4.78, 5) is 0. The van der Waals surface area contributed by atoms with Gasteiger partial charge < -0.3 is 5.11 Å². The molecule has 1 nitrogen and oxygen atoms in total. The Balaban J connectivity index is 2.75. The van der Waals surface area contributed by atoms with E-state index in [0.29, 0.717) is 5.92 Å². The average molecular weight is 206 g/mol. The first-order valence-corrected chi connectivity index (χ1v) is 5.78. The highest BCUT2D eigenvalue weighted by atomic mass is 16.3. The van der Waals surface area contributed by atoms with Crippen LogP contribution in [0.2, 0.25) is 0 Å². The minimum Gasteiger partial charge on any atom is -0.393 e. The summed E-state index contributed by atoms with van der Waals surface area (Å²) in [6.07, 6.45) is 1.64. The maximum atomic E-state index is 9.75. The lowest BCUT2D eigenvalue weighted by atomic mass is 9.91. The first-order chi connectivity index (χ1) is 7.04. The third kappa shape index (κ3) is 3.35. The van der Waals surface area contributed by atoms with Crippen molar-refractivity contribution in [2.45, 2.75) is 46.6 Å². The summed E-state index contributed by atoms with van der Waals surface area (Å²) in [5, 5.41) is 9.75. The van der Waals surface area contributed by atoms with E-state index in [2.05, 4.69) is 39.0 Å². The maximum absolute atomic E-state index is 9.75. The highest BCUT2D eigenvalue weighted by Crippen LogP contribution is 2.18. The number of aliphatic hydroxyl groups is 1. The van der Waals surface area contributed by atoms with Crippen LogP contribution in [0.4, 0.5) is 0 Å². The largest absolute Gasteiger partial charge is 0.393 e. The standard InChI is InChI=1S/C14H22O/c1-5-14(15)12(4)9-13-8-10(2)6-7-11(13)3/h6-8,12,14-15H,5,9H2,1-4H3. The van der Waals surface area contributed by atoms with Crippen LogP contribution in [0.25, 0.3) is 0 Å². The van der Waals surface area contributed by atoms with Crippen molar-refractivity contribution in [2.24, 2.45) is 5.92 Å². The Kier molecular flexibility index (Phi) is 4.34. The van der Waals surface area contributed by atoms with Crippen molar-refractivity contribution in [2.75, 3.05) is 0 Å². The highest BCUT2D eigenvalue weighted by molar-refractivity contribution is 5.30. The van der Waals surface area contributed by atoms with Gasteiger partial charge in [-0.2, -0.15) is 0 Å². The van der Waals surface area contributed by atoms with Gasteiger partial charge in [-0.3, -0.25) is 0 Å². The van der Waals surface area contributed by atoms with E-state index in [1.54, 1.807) is 0 Å². The Morgan fingerprint density at radius 2 is 1.93 bits per heavy atom. The number of hydrogen-bond acceptors (Lipinski definition) is 1. The van der Waals surface area contributed by atoms with Crippen LogP contribution in [0, 0.1) is 19.8 Å². The number of aryl methyl sites for hydroxylation is 2. The van der Waals surface area contributed by atoms with Gasteiger partial charge in [0.1, 0.15) is 0 Å². The molecule has 0 amide bonds. The number of hydrogen-bond donors (Lipinski definition) is 1.